The number of hydrogen-bond donors (Lipinski definition) is 1. The van der Waals surface area contributed by atoms with Crippen molar-refractivity contribution in [3.8, 4) is 0 Å². The maximum absolute atomic E-state index is 3.64. The van der Waals surface area contributed by atoms with Gasteiger partial charge in [0, 0.05) is 12.6 Å². The highest BCUT2D eigenvalue weighted by molar-refractivity contribution is 4.81. The van der Waals surface area contributed by atoms with E-state index < -0.39 is 0 Å². The largest absolute Gasteiger partial charge is 0.412 e. The van der Waals surface area contributed by atoms with Crippen LogP contribution < -0.4 is 5.32 Å². The van der Waals surface area contributed by atoms with Gasteiger partial charge in [-0.3, -0.25) is 0 Å². The van der Waals surface area contributed by atoms with Gasteiger partial charge in [0.2, 0.25) is 0 Å². The van der Waals surface area contributed by atoms with Gasteiger partial charge in [0.1, 0.15) is 0 Å². The van der Waals surface area contributed by atoms with Gasteiger partial charge in [-0.25, -0.2) is 0 Å². The van der Waals surface area contributed by atoms with Gasteiger partial charge < -0.3 is 10.8 Å². The van der Waals surface area contributed by atoms with Crippen LogP contribution in [0.1, 0.15) is 73.1 Å². The van der Waals surface area contributed by atoms with E-state index in [9.17, 15) is 0 Å². The summed E-state index contributed by atoms with van der Waals surface area (Å²) in [6.07, 6.45) is 8.11. The van der Waals surface area contributed by atoms with Crippen LogP contribution >= 0.6 is 0 Å². The summed E-state index contributed by atoms with van der Waals surface area (Å²) in [6.45, 7) is 12.6. The lowest BCUT2D eigenvalue weighted by atomic mass is 9.75. The van der Waals surface area contributed by atoms with Crippen LogP contribution in [0.3, 0.4) is 0 Å². The first-order valence-corrected chi connectivity index (χ1v) is 6.83. The molecule has 0 spiro atoms. The fourth-order valence-corrected chi connectivity index (χ4v) is 2.65. The Morgan fingerprint density at radius 3 is 1.50 bits per heavy atom. The van der Waals surface area contributed by atoms with E-state index in [4.69, 9.17) is 0 Å². The molecule has 0 aromatic rings. The maximum atomic E-state index is 3.64. The van der Waals surface area contributed by atoms with Gasteiger partial charge in [0.25, 0.3) is 0 Å². The molecule has 0 saturated heterocycles. The molecular weight excluding hydrogens is 198 g/mol. The molecule has 0 bridgehead atoms. The van der Waals surface area contributed by atoms with E-state index in [0.29, 0.717) is 11.5 Å². The highest BCUT2D eigenvalue weighted by Gasteiger charge is 2.26. The molecule has 0 rings (SSSR count). The zero-order valence-electron chi connectivity index (χ0n) is 12.0. The lowest BCUT2D eigenvalue weighted by molar-refractivity contribution is 0.197. The van der Waals surface area contributed by atoms with E-state index in [0.717, 1.165) is 0 Å². The fourth-order valence-electron chi connectivity index (χ4n) is 2.65. The molecule has 0 aliphatic rings. The second kappa shape index (κ2) is 10.1. The summed E-state index contributed by atoms with van der Waals surface area (Å²) in [4.78, 5) is 0. The van der Waals surface area contributed by atoms with E-state index >= 15 is 0 Å². The fraction of sp³-hybridized carbons (Fsp3) is 1.00. The first-order valence-electron chi connectivity index (χ1n) is 6.83. The van der Waals surface area contributed by atoms with Crippen molar-refractivity contribution < 1.29 is 5.48 Å². The highest BCUT2D eigenvalue weighted by Crippen LogP contribution is 2.34. The van der Waals surface area contributed by atoms with Crippen molar-refractivity contribution in [1.82, 2.24) is 5.32 Å². The molecule has 0 aliphatic carbocycles. The second-order valence-corrected chi connectivity index (χ2v) is 5.29. The van der Waals surface area contributed by atoms with Crippen LogP contribution in [0, 0.1) is 5.41 Å². The molecule has 0 saturated carbocycles. The predicted molar refractivity (Wildman–Crippen MR) is 73.9 cm³/mol. The number of rotatable bonds is 9. The quantitative estimate of drug-likeness (QED) is 0.648. The van der Waals surface area contributed by atoms with E-state index in [2.05, 4.69) is 39.9 Å². The van der Waals surface area contributed by atoms with Gasteiger partial charge in [0.05, 0.1) is 0 Å². The molecule has 0 radical (unpaired) electrons. The van der Waals surface area contributed by atoms with E-state index in [1.165, 1.54) is 45.1 Å². The summed E-state index contributed by atoms with van der Waals surface area (Å²) in [7, 11) is 0. The first-order chi connectivity index (χ1) is 7.10. The maximum Gasteiger partial charge on any atom is 0.00106 e. The third-order valence-electron chi connectivity index (χ3n) is 3.23. The van der Waals surface area contributed by atoms with Gasteiger partial charge in [-0.15, -0.1) is 0 Å². The third-order valence-corrected chi connectivity index (χ3v) is 3.23. The Labute approximate surface area is 103 Å². The molecule has 0 aromatic carbocycles. The summed E-state index contributed by atoms with van der Waals surface area (Å²) < 4.78 is 0. The van der Waals surface area contributed by atoms with Crippen LogP contribution in [0.15, 0.2) is 0 Å². The van der Waals surface area contributed by atoms with Crippen molar-refractivity contribution in [3.05, 3.63) is 0 Å². The van der Waals surface area contributed by atoms with Gasteiger partial charge in [-0.2, -0.15) is 0 Å². The Hall–Kier alpha value is -0.0800. The molecule has 0 unspecified atom stereocenters. The molecule has 0 atom stereocenters. The van der Waals surface area contributed by atoms with Crippen LogP contribution in [0.5, 0.6) is 0 Å². The SMILES string of the molecule is CCCC(CCC)(CCC)CNC(C)C.O. The van der Waals surface area contributed by atoms with E-state index in [1.54, 1.807) is 0 Å². The van der Waals surface area contributed by atoms with Crippen molar-refractivity contribution >= 4 is 0 Å². The predicted octanol–water partition coefficient (Wildman–Crippen LogP) is 3.55. The van der Waals surface area contributed by atoms with Crippen LogP contribution in [-0.2, 0) is 0 Å². The molecular formula is C14H33NO. The minimum Gasteiger partial charge on any atom is -0.412 e. The molecule has 0 heterocycles. The topological polar surface area (TPSA) is 43.5 Å². The Kier molecular flexibility index (Phi) is 11.5. The monoisotopic (exact) mass is 231 g/mol. The molecule has 0 aromatic heterocycles. The Morgan fingerprint density at radius 1 is 0.875 bits per heavy atom. The average molecular weight is 231 g/mol. The number of hydrogen-bond acceptors (Lipinski definition) is 1. The zero-order chi connectivity index (χ0) is 11.7. The molecule has 0 fully saturated rings. The van der Waals surface area contributed by atoms with Crippen molar-refractivity contribution in [1.29, 1.82) is 0 Å². The normalized spacial score (nSPS) is 11.6. The standard InChI is InChI=1S/C14H31N.H2O/c1-6-9-14(10-7-2,11-8-3)12-15-13(4)5;/h13,15H,6-12H2,1-5H3;1H2. The second-order valence-electron chi connectivity index (χ2n) is 5.29. The van der Waals surface area contributed by atoms with Gasteiger partial charge in [0.15, 0.2) is 0 Å². The Bertz CT molecular complexity index is 129. The average Bonchev–Trinajstić information content (AvgIpc) is 2.16. The van der Waals surface area contributed by atoms with Gasteiger partial charge >= 0.3 is 0 Å². The van der Waals surface area contributed by atoms with Crippen LogP contribution in [0.2, 0.25) is 0 Å². The van der Waals surface area contributed by atoms with Crippen LogP contribution in [0.25, 0.3) is 0 Å². The lowest BCUT2D eigenvalue weighted by Crippen LogP contribution is -2.37. The zero-order valence-corrected chi connectivity index (χ0v) is 12.0. The first kappa shape index (κ1) is 18.3. The van der Waals surface area contributed by atoms with Crippen LogP contribution in [-0.4, -0.2) is 18.1 Å². The highest BCUT2D eigenvalue weighted by atomic mass is 16.0. The van der Waals surface area contributed by atoms with Gasteiger partial charge in [-0.05, 0) is 24.7 Å². The van der Waals surface area contributed by atoms with Crippen molar-refractivity contribution in [2.75, 3.05) is 6.54 Å². The molecule has 16 heavy (non-hydrogen) atoms. The van der Waals surface area contributed by atoms with Crippen molar-refractivity contribution in [3.63, 3.8) is 0 Å². The van der Waals surface area contributed by atoms with E-state index in [-0.39, 0.29) is 5.48 Å². The summed E-state index contributed by atoms with van der Waals surface area (Å²) in [6, 6.07) is 0.620. The molecule has 0 aliphatic heterocycles. The minimum absolute atomic E-state index is 0. The Balaban J connectivity index is 0. The molecule has 2 nitrogen and oxygen atoms in total. The van der Waals surface area contributed by atoms with Gasteiger partial charge in [-0.1, -0.05) is 53.9 Å². The van der Waals surface area contributed by atoms with Crippen LogP contribution in [0.4, 0.5) is 0 Å². The minimum atomic E-state index is 0. The van der Waals surface area contributed by atoms with E-state index in [1.807, 2.05) is 0 Å². The summed E-state index contributed by atoms with van der Waals surface area (Å²) in [5, 5.41) is 3.64. The number of nitrogens with one attached hydrogen (secondary N) is 1. The summed E-state index contributed by atoms with van der Waals surface area (Å²) in [5.74, 6) is 0. The lowest BCUT2D eigenvalue weighted by Gasteiger charge is -2.34. The summed E-state index contributed by atoms with van der Waals surface area (Å²) >= 11 is 0. The van der Waals surface area contributed by atoms with Crippen molar-refractivity contribution in [2.24, 2.45) is 5.41 Å². The smallest absolute Gasteiger partial charge is 0.00106 e. The third kappa shape index (κ3) is 7.24. The molecule has 2 heteroatoms. The summed E-state index contributed by atoms with van der Waals surface area (Å²) in [5.41, 5.74) is 0.572. The molecule has 3 N–H and O–H groups in total. The Morgan fingerprint density at radius 2 is 1.25 bits per heavy atom. The van der Waals surface area contributed by atoms with Crippen molar-refractivity contribution in [2.45, 2.75) is 79.2 Å². The molecule has 100 valence electrons. The molecule has 0 amide bonds.